The number of rotatable bonds is 13. The van der Waals surface area contributed by atoms with Crippen LogP contribution in [0.15, 0.2) is 18.2 Å². The molecule has 0 radical (unpaired) electrons. The molecule has 278 valence electrons. The Bertz CT molecular complexity index is 1250. The number of benzene rings is 1. The summed E-state index contributed by atoms with van der Waals surface area (Å²) in [5, 5.41) is 113. The first-order valence-corrected chi connectivity index (χ1v) is 15.0. The van der Waals surface area contributed by atoms with E-state index in [9.17, 15) is 61.0 Å². The van der Waals surface area contributed by atoms with Gasteiger partial charge in [-0.25, -0.2) is 4.79 Å². The minimum atomic E-state index is -2.47. The maximum absolute atomic E-state index is 12.7. The summed E-state index contributed by atoms with van der Waals surface area (Å²) in [5.41, 5.74) is 0.348. The van der Waals surface area contributed by atoms with E-state index in [4.69, 9.17) is 37.9 Å². The Morgan fingerprint density at radius 3 is 1.94 bits per heavy atom. The monoisotopic (exact) mass is 710 g/mol. The summed E-state index contributed by atoms with van der Waals surface area (Å²) in [5.74, 6) is -3.65. The highest BCUT2D eigenvalue weighted by Gasteiger charge is 2.59. The number of hydrogen-bond acceptors (Lipinski definition) is 20. The first-order valence-electron chi connectivity index (χ1n) is 15.0. The van der Waals surface area contributed by atoms with Crippen molar-refractivity contribution < 1.29 is 98.9 Å². The number of aliphatic hydroxyl groups excluding tert-OH is 10. The summed E-state index contributed by atoms with van der Waals surface area (Å²) in [6.07, 6.45) is -21.2. The lowest BCUT2D eigenvalue weighted by Gasteiger charge is -2.47. The number of phenols is 1. The third-order valence-electron chi connectivity index (χ3n) is 8.31. The van der Waals surface area contributed by atoms with Gasteiger partial charge < -0.3 is 94.1 Å². The Morgan fingerprint density at radius 2 is 1.39 bits per heavy atom. The van der Waals surface area contributed by atoms with Gasteiger partial charge in [-0.2, -0.15) is 0 Å². The molecular formula is C29H42O20. The molecule has 11 N–H and O–H groups in total. The summed E-state index contributed by atoms with van der Waals surface area (Å²) in [6, 6.07) is 2.79. The average Bonchev–Trinajstić information content (AvgIpc) is 3.34. The van der Waals surface area contributed by atoms with E-state index in [0.29, 0.717) is 5.56 Å². The minimum absolute atomic E-state index is 0.0459. The highest BCUT2D eigenvalue weighted by atomic mass is 16.8. The van der Waals surface area contributed by atoms with Crippen LogP contribution in [-0.2, 0) is 33.2 Å². The molecule has 3 saturated heterocycles. The van der Waals surface area contributed by atoms with E-state index < -0.39 is 118 Å². The second-order valence-electron chi connectivity index (χ2n) is 11.4. The molecule has 20 heteroatoms. The summed E-state index contributed by atoms with van der Waals surface area (Å²) in [7, 11) is 2.61. The molecule has 1 aromatic carbocycles. The van der Waals surface area contributed by atoms with Gasteiger partial charge in [0.1, 0.15) is 80.4 Å². The number of carbonyl (C=O) groups excluding carboxylic acids is 1. The van der Waals surface area contributed by atoms with Crippen LogP contribution in [-0.4, -0.2) is 188 Å². The van der Waals surface area contributed by atoms with Crippen LogP contribution in [0.5, 0.6) is 17.2 Å². The van der Waals surface area contributed by atoms with Crippen LogP contribution < -0.4 is 9.47 Å². The fourth-order valence-electron chi connectivity index (χ4n) is 5.49. The Kier molecular flexibility index (Phi) is 13.1. The van der Waals surface area contributed by atoms with Crippen LogP contribution in [0.4, 0.5) is 0 Å². The van der Waals surface area contributed by atoms with Gasteiger partial charge in [-0.3, -0.25) is 0 Å². The SMILES string of the molecule is COc1cc(C=CC(=O)OC[C@H]2O[C@H](O[C@]3(CO)O[C@H](CO)[C@@H](O)[C@@H]3O)[C@H](O)[C@@H](O)[C@@H]2O[C@@H]2O[C@H](CO)[C@@H](O)[C@H](O)[C@H]2O)cc(OC)c1O. The number of methoxy groups -OCH3 is 2. The topological polar surface area (TPSA) is 313 Å². The number of esters is 1. The van der Waals surface area contributed by atoms with Crippen molar-refractivity contribution >= 4 is 12.0 Å². The van der Waals surface area contributed by atoms with Crippen LogP contribution in [0.3, 0.4) is 0 Å². The van der Waals surface area contributed by atoms with Gasteiger partial charge in [0.15, 0.2) is 24.1 Å². The number of aliphatic hydroxyl groups is 10. The number of hydrogen-bond donors (Lipinski definition) is 11. The summed E-state index contributed by atoms with van der Waals surface area (Å²) >= 11 is 0. The molecule has 0 bridgehead atoms. The normalized spacial score (nSPS) is 39.6. The summed E-state index contributed by atoms with van der Waals surface area (Å²) in [4.78, 5) is 12.7. The maximum Gasteiger partial charge on any atom is 0.330 e. The Morgan fingerprint density at radius 1 is 0.796 bits per heavy atom. The standard InChI is InChI=1S/C29H42O20/c1-42-12-5-11(6-13(43-2)18(12)34)3-4-17(33)44-9-16-25(47-27-23(39)21(37)19(35)14(7-30)45-27)22(38)24(40)28(46-16)49-29(10-32)26(41)20(36)15(8-31)48-29/h3-6,14-16,19-28,30-32,34-41H,7-10H2,1-2H3/t14-,15-,16-,19-,20-,21+,22-,23-,24-,25-,26+,27+,28-,29+/m1/s1. The molecule has 4 rings (SSSR count). The zero-order valence-corrected chi connectivity index (χ0v) is 26.2. The second-order valence-corrected chi connectivity index (χ2v) is 11.4. The van der Waals surface area contributed by atoms with Gasteiger partial charge in [0.05, 0.1) is 27.4 Å². The first kappa shape index (κ1) is 39.0. The van der Waals surface area contributed by atoms with Crippen molar-refractivity contribution in [3.05, 3.63) is 23.8 Å². The lowest BCUT2D eigenvalue weighted by molar-refractivity contribution is -0.398. The molecule has 49 heavy (non-hydrogen) atoms. The molecule has 0 amide bonds. The molecule has 0 unspecified atom stereocenters. The van der Waals surface area contributed by atoms with Crippen molar-refractivity contribution in [2.75, 3.05) is 40.6 Å². The van der Waals surface area contributed by atoms with E-state index in [-0.39, 0.29) is 17.2 Å². The third kappa shape index (κ3) is 8.09. The highest BCUT2D eigenvalue weighted by molar-refractivity contribution is 5.87. The van der Waals surface area contributed by atoms with Gasteiger partial charge in [0.25, 0.3) is 0 Å². The fourth-order valence-corrected chi connectivity index (χ4v) is 5.49. The van der Waals surface area contributed by atoms with Gasteiger partial charge in [-0.1, -0.05) is 0 Å². The zero-order valence-electron chi connectivity index (χ0n) is 26.2. The van der Waals surface area contributed by atoms with Gasteiger partial charge in [0, 0.05) is 6.08 Å². The Balaban J connectivity index is 1.56. The summed E-state index contributed by atoms with van der Waals surface area (Å²) in [6.45, 7) is -3.52. The van der Waals surface area contributed by atoms with Gasteiger partial charge in [0.2, 0.25) is 11.5 Å². The van der Waals surface area contributed by atoms with Crippen molar-refractivity contribution in [3.63, 3.8) is 0 Å². The van der Waals surface area contributed by atoms with Gasteiger partial charge in [-0.15, -0.1) is 0 Å². The van der Waals surface area contributed by atoms with Crippen molar-refractivity contribution in [2.45, 2.75) is 85.5 Å². The lowest BCUT2D eigenvalue weighted by Crippen LogP contribution is -2.66. The quantitative estimate of drug-likeness (QED) is 0.0671. The third-order valence-corrected chi connectivity index (χ3v) is 8.31. The van der Waals surface area contributed by atoms with Crippen molar-refractivity contribution in [2.24, 2.45) is 0 Å². The van der Waals surface area contributed by atoms with Gasteiger partial charge in [-0.05, 0) is 23.8 Å². The van der Waals surface area contributed by atoms with Crippen LogP contribution >= 0.6 is 0 Å². The molecule has 3 heterocycles. The Hall–Kier alpha value is -2.77. The van der Waals surface area contributed by atoms with Crippen LogP contribution in [0.25, 0.3) is 6.08 Å². The second kappa shape index (κ2) is 16.5. The molecule has 1 aromatic rings. The molecule has 0 aromatic heterocycles. The van der Waals surface area contributed by atoms with Crippen LogP contribution in [0.2, 0.25) is 0 Å². The van der Waals surface area contributed by atoms with Crippen molar-refractivity contribution in [1.82, 2.24) is 0 Å². The molecule has 20 nitrogen and oxygen atoms in total. The molecule has 14 atom stereocenters. The first-order chi connectivity index (χ1) is 23.2. The van der Waals surface area contributed by atoms with Crippen LogP contribution in [0, 0.1) is 0 Å². The van der Waals surface area contributed by atoms with Crippen LogP contribution in [0.1, 0.15) is 5.56 Å². The smallest absolute Gasteiger partial charge is 0.330 e. The predicted octanol–water partition coefficient (Wildman–Crippen LogP) is -5.58. The molecule has 0 spiro atoms. The Labute approximate surface area is 278 Å². The largest absolute Gasteiger partial charge is 0.502 e. The van der Waals surface area contributed by atoms with E-state index >= 15 is 0 Å². The van der Waals surface area contributed by atoms with E-state index in [2.05, 4.69) is 0 Å². The molecule has 3 fully saturated rings. The summed E-state index contributed by atoms with van der Waals surface area (Å²) < 4.78 is 43.0. The number of ether oxygens (including phenoxy) is 8. The molecular weight excluding hydrogens is 668 g/mol. The van der Waals surface area contributed by atoms with Gasteiger partial charge >= 0.3 is 5.97 Å². The molecule has 0 saturated carbocycles. The van der Waals surface area contributed by atoms with E-state index in [0.717, 1.165) is 6.08 Å². The van der Waals surface area contributed by atoms with E-state index in [1.807, 2.05) is 0 Å². The predicted molar refractivity (Wildman–Crippen MR) is 155 cm³/mol. The maximum atomic E-state index is 12.7. The van der Waals surface area contributed by atoms with Crippen molar-refractivity contribution in [1.29, 1.82) is 0 Å². The average molecular weight is 711 g/mol. The number of aromatic hydroxyl groups is 1. The fraction of sp³-hybridized carbons (Fsp3) is 0.690. The number of phenolic OH excluding ortho intramolecular Hbond substituents is 1. The molecule has 3 aliphatic heterocycles. The lowest BCUT2D eigenvalue weighted by atomic mass is 9.96. The zero-order chi connectivity index (χ0) is 36.2. The van der Waals surface area contributed by atoms with E-state index in [1.165, 1.54) is 32.4 Å². The number of carbonyl (C=O) groups is 1. The molecule has 3 aliphatic rings. The molecule has 0 aliphatic carbocycles. The highest BCUT2D eigenvalue weighted by Crippen LogP contribution is 2.38. The van der Waals surface area contributed by atoms with Crippen molar-refractivity contribution in [3.8, 4) is 17.2 Å². The minimum Gasteiger partial charge on any atom is -0.502 e. The van der Waals surface area contributed by atoms with E-state index in [1.54, 1.807) is 0 Å².